The van der Waals surface area contributed by atoms with Crippen molar-refractivity contribution < 1.29 is 19.8 Å². The third-order valence-corrected chi connectivity index (χ3v) is 7.73. The minimum absolute atomic E-state index is 0.347. The number of rotatable bonds is 2. The van der Waals surface area contributed by atoms with Crippen molar-refractivity contribution >= 4 is 81.5 Å². The molecule has 2 bridgehead atoms. The summed E-state index contributed by atoms with van der Waals surface area (Å²) in [5.41, 5.74) is 0. The Balaban J connectivity index is 2.84. The Morgan fingerprint density at radius 1 is 0.842 bits per heavy atom. The van der Waals surface area contributed by atoms with Crippen LogP contribution >= 0.6 is 69.6 Å². The fraction of sp³-hybridized carbons (Fsp3) is 0.556. The first-order valence-corrected chi connectivity index (χ1v) is 7.00. The van der Waals surface area contributed by atoms with Gasteiger partial charge in [0.1, 0.15) is 9.75 Å². The highest BCUT2D eigenvalue weighted by Crippen LogP contribution is 2.76. The molecule has 0 heterocycles. The zero-order valence-corrected chi connectivity index (χ0v) is 13.2. The van der Waals surface area contributed by atoms with Crippen molar-refractivity contribution in [2.45, 2.75) is 14.1 Å². The van der Waals surface area contributed by atoms with Crippen molar-refractivity contribution in [3.05, 3.63) is 10.1 Å². The van der Waals surface area contributed by atoms with Crippen LogP contribution in [0.3, 0.4) is 0 Å². The Morgan fingerprint density at radius 3 is 1.32 bits per heavy atom. The van der Waals surface area contributed by atoms with Gasteiger partial charge in [-0.2, -0.15) is 0 Å². The van der Waals surface area contributed by atoms with Crippen LogP contribution in [0.1, 0.15) is 0 Å². The van der Waals surface area contributed by atoms with Crippen molar-refractivity contribution in [2.24, 2.45) is 11.8 Å². The second-order valence-electron chi connectivity index (χ2n) is 4.26. The van der Waals surface area contributed by atoms with E-state index in [2.05, 4.69) is 0 Å². The van der Waals surface area contributed by atoms with E-state index in [0.717, 1.165) is 0 Å². The van der Waals surface area contributed by atoms with Crippen LogP contribution < -0.4 is 0 Å². The molecule has 0 spiro atoms. The minimum Gasteiger partial charge on any atom is -0.481 e. The second-order valence-corrected chi connectivity index (χ2v) is 7.53. The van der Waals surface area contributed by atoms with Gasteiger partial charge >= 0.3 is 11.9 Å². The third kappa shape index (κ3) is 1.46. The van der Waals surface area contributed by atoms with Crippen molar-refractivity contribution in [2.75, 3.05) is 0 Å². The first-order chi connectivity index (χ1) is 8.45. The molecule has 0 aromatic rings. The molecule has 2 rings (SSSR count). The molecule has 1 fully saturated rings. The normalized spacial score (nSPS) is 43.7. The number of allylic oxidation sites excluding steroid dienone is 2. The lowest BCUT2D eigenvalue weighted by molar-refractivity contribution is -0.153. The van der Waals surface area contributed by atoms with E-state index >= 15 is 0 Å². The van der Waals surface area contributed by atoms with Gasteiger partial charge in [-0.15, -0.1) is 23.2 Å². The standard InChI is InChI=1S/C9H4Cl6O4/c10-3-4(11)8(13)2(6(18)19)1(5(16)17)7(3,12)9(8,14)15/h1-2H,(H,16,17)(H,18,19)/t1?,2?,7-,8+. The average molecular weight is 389 g/mol. The molecule has 4 nitrogen and oxygen atoms in total. The maximum Gasteiger partial charge on any atom is 0.309 e. The van der Waals surface area contributed by atoms with Gasteiger partial charge in [0.2, 0.25) is 0 Å². The monoisotopic (exact) mass is 386 g/mol. The Labute approximate surface area is 137 Å². The largest absolute Gasteiger partial charge is 0.481 e. The van der Waals surface area contributed by atoms with Crippen LogP contribution in [0.5, 0.6) is 0 Å². The first-order valence-electron chi connectivity index (χ1n) is 4.73. The number of carbonyl (C=O) groups is 2. The Morgan fingerprint density at radius 2 is 1.11 bits per heavy atom. The SMILES string of the molecule is O=C(O)C1C(C(=O)O)[C@@]2(Cl)C(Cl)=C(Cl)[C@]1(Cl)C2(Cl)Cl. The third-order valence-electron chi connectivity index (χ3n) is 3.47. The summed E-state index contributed by atoms with van der Waals surface area (Å²) in [6.07, 6.45) is 0. The van der Waals surface area contributed by atoms with Gasteiger partial charge in [0, 0.05) is 0 Å². The maximum atomic E-state index is 11.3. The number of hydrogen-bond acceptors (Lipinski definition) is 2. The number of aliphatic carboxylic acids is 2. The molecule has 2 aliphatic rings. The molecule has 0 saturated heterocycles. The number of carboxylic acid groups (broad SMARTS) is 2. The van der Waals surface area contributed by atoms with Crippen LogP contribution in [-0.4, -0.2) is 36.2 Å². The van der Waals surface area contributed by atoms with Crippen LogP contribution in [0.4, 0.5) is 0 Å². The molecule has 1 saturated carbocycles. The highest BCUT2D eigenvalue weighted by atomic mass is 35.5. The summed E-state index contributed by atoms with van der Waals surface area (Å²) < 4.78 is -2.18. The molecule has 4 atom stereocenters. The topological polar surface area (TPSA) is 74.6 Å². The molecule has 2 unspecified atom stereocenters. The molecule has 2 aliphatic carbocycles. The van der Waals surface area contributed by atoms with Gasteiger partial charge < -0.3 is 10.2 Å². The second kappa shape index (κ2) is 4.21. The molecular weight excluding hydrogens is 385 g/mol. The minimum atomic E-state index is -2.18. The fourth-order valence-electron chi connectivity index (χ4n) is 2.61. The molecule has 10 heteroatoms. The van der Waals surface area contributed by atoms with Crippen molar-refractivity contribution in [1.82, 2.24) is 0 Å². The zero-order chi connectivity index (χ0) is 15.0. The van der Waals surface area contributed by atoms with Crippen LogP contribution in [0, 0.1) is 11.8 Å². The summed E-state index contributed by atoms with van der Waals surface area (Å²) >= 11 is 36.2. The van der Waals surface area contributed by atoms with Crippen molar-refractivity contribution in [1.29, 1.82) is 0 Å². The lowest BCUT2D eigenvalue weighted by atomic mass is 9.82. The number of fused-ring (bicyclic) bond motifs is 2. The Bertz CT molecular complexity index is 487. The highest BCUT2D eigenvalue weighted by Gasteiger charge is 2.85. The number of hydrogen-bond donors (Lipinski definition) is 2. The molecular formula is C9H4Cl6O4. The zero-order valence-electron chi connectivity index (χ0n) is 8.63. The number of carboxylic acids is 2. The molecule has 0 amide bonds. The van der Waals surface area contributed by atoms with Crippen molar-refractivity contribution in [3.63, 3.8) is 0 Å². The summed E-state index contributed by atoms with van der Waals surface area (Å²) in [5, 5.41) is 17.8. The van der Waals surface area contributed by atoms with Crippen molar-refractivity contribution in [3.8, 4) is 0 Å². The summed E-state index contributed by atoms with van der Waals surface area (Å²) in [4.78, 5) is 18.5. The fourth-order valence-corrected chi connectivity index (χ4v) is 5.54. The molecule has 0 radical (unpaired) electrons. The quantitative estimate of drug-likeness (QED) is 0.712. The number of alkyl halides is 4. The van der Waals surface area contributed by atoms with Crippen LogP contribution in [0.2, 0.25) is 0 Å². The van der Waals surface area contributed by atoms with Gasteiger partial charge in [-0.05, 0) is 0 Å². The van der Waals surface area contributed by atoms with E-state index in [1.54, 1.807) is 0 Å². The first kappa shape index (κ1) is 15.8. The molecule has 0 aliphatic heterocycles. The average Bonchev–Trinajstić information content (AvgIpc) is 2.48. The highest BCUT2D eigenvalue weighted by molar-refractivity contribution is 6.66. The number of halogens is 6. The van der Waals surface area contributed by atoms with Crippen LogP contribution in [0.25, 0.3) is 0 Å². The predicted octanol–water partition coefficient (Wildman–Crippen LogP) is 3.23. The van der Waals surface area contributed by atoms with Gasteiger partial charge in [-0.3, -0.25) is 9.59 Å². The molecule has 0 aromatic heterocycles. The lowest BCUT2D eigenvalue weighted by Gasteiger charge is -2.31. The summed E-state index contributed by atoms with van der Waals surface area (Å²) in [6, 6.07) is 0. The predicted molar refractivity (Wildman–Crippen MR) is 72.6 cm³/mol. The van der Waals surface area contributed by atoms with Gasteiger partial charge in [0.15, 0.2) is 4.33 Å². The molecule has 2 N–H and O–H groups in total. The molecule has 106 valence electrons. The van der Waals surface area contributed by atoms with Crippen LogP contribution in [-0.2, 0) is 9.59 Å². The van der Waals surface area contributed by atoms with E-state index in [0.29, 0.717) is 0 Å². The Kier molecular flexibility index (Phi) is 3.50. The van der Waals surface area contributed by atoms with E-state index < -0.39 is 37.9 Å². The van der Waals surface area contributed by atoms with Crippen LogP contribution in [0.15, 0.2) is 10.1 Å². The summed E-state index contributed by atoms with van der Waals surface area (Å²) in [5.74, 6) is -6.49. The molecule has 19 heavy (non-hydrogen) atoms. The maximum absolute atomic E-state index is 11.3. The lowest BCUT2D eigenvalue weighted by Crippen LogP contribution is -2.45. The van der Waals surface area contributed by atoms with E-state index in [4.69, 9.17) is 69.6 Å². The Hall–Kier alpha value is 0.420. The van der Waals surface area contributed by atoms with E-state index in [-0.39, 0.29) is 10.1 Å². The molecule has 0 aromatic carbocycles. The van der Waals surface area contributed by atoms with E-state index in [9.17, 15) is 19.8 Å². The summed E-state index contributed by atoms with van der Waals surface area (Å²) in [6.45, 7) is 0. The summed E-state index contributed by atoms with van der Waals surface area (Å²) in [7, 11) is 0. The van der Waals surface area contributed by atoms with Gasteiger partial charge in [-0.1, -0.05) is 46.4 Å². The van der Waals surface area contributed by atoms with Gasteiger partial charge in [-0.25, -0.2) is 0 Å². The smallest absolute Gasteiger partial charge is 0.309 e. The van der Waals surface area contributed by atoms with E-state index in [1.165, 1.54) is 0 Å². The van der Waals surface area contributed by atoms with E-state index in [1.807, 2.05) is 0 Å². The van der Waals surface area contributed by atoms with Gasteiger partial charge in [0.25, 0.3) is 0 Å². The van der Waals surface area contributed by atoms with Gasteiger partial charge in [0.05, 0.1) is 21.9 Å².